The Balaban J connectivity index is 2.63. The van der Waals surface area contributed by atoms with Crippen LogP contribution in [-0.2, 0) is 14.3 Å². The van der Waals surface area contributed by atoms with Crippen molar-refractivity contribution >= 4 is 58.2 Å². The van der Waals surface area contributed by atoms with Crippen molar-refractivity contribution in [3.63, 3.8) is 0 Å². The summed E-state index contributed by atoms with van der Waals surface area (Å²) < 4.78 is 4.79. The molecule has 0 aromatic heterocycles. The maximum Gasteiger partial charge on any atom is 0.315 e. The van der Waals surface area contributed by atoms with Gasteiger partial charge < -0.3 is 15.8 Å². The molecule has 8 heteroatoms. The molecule has 0 fully saturated rings. The number of nitrogen functional groups attached to an aromatic ring is 1. The second-order valence-electron chi connectivity index (χ2n) is 4.10. The molecule has 1 rings (SSSR count). The van der Waals surface area contributed by atoms with Crippen molar-refractivity contribution in [2.45, 2.75) is 19.1 Å². The van der Waals surface area contributed by atoms with Crippen molar-refractivity contribution in [2.24, 2.45) is 0 Å². The van der Waals surface area contributed by atoms with Gasteiger partial charge in [-0.05, 0) is 26.0 Å². The predicted molar refractivity (Wildman–Crippen MR) is 88.1 cm³/mol. The minimum atomic E-state index is -0.458. The Morgan fingerprint density at radius 2 is 2.10 bits per heavy atom. The number of amides is 1. The first kappa shape index (κ1) is 17.9. The van der Waals surface area contributed by atoms with Crippen molar-refractivity contribution in [3.8, 4) is 0 Å². The lowest BCUT2D eigenvalue weighted by Gasteiger charge is -2.14. The largest absolute Gasteiger partial charge is 0.465 e. The summed E-state index contributed by atoms with van der Waals surface area (Å²) in [5.74, 6) is -0.557. The first-order chi connectivity index (χ1) is 9.85. The van der Waals surface area contributed by atoms with E-state index >= 15 is 0 Å². The van der Waals surface area contributed by atoms with Gasteiger partial charge in [0.25, 0.3) is 0 Å². The van der Waals surface area contributed by atoms with Crippen LogP contribution in [0.1, 0.15) is 13.8 Å². The van der Waals surface area contributed by atoms with Gasteiger partial charge in [0.2, 0.25) is 5.91 Å². The third-order valence-electron chi connectivity index (χ3n) is 2.46. The highest BCUT2D eigenvalue weighted by molar-refractivity contribution is 8.01. The lowest BCUT2D eigenvalue weighted by molar-refractivity contribution is -0.139. The van der Waals surface area contributed by atoms with Crippen molar-refractivity contribution in [1.82, 2.24) is 0 Å². The molecule has 3 N–H and O–H groups in total. The highest BCUT2D eigenvalue weighted by Crippen LogP contribution is 2.32. The number of hydrogen-bond donors (Lipinski definition) is 2. The lowest BCUT2D eigenvalue weighted by Crippen LogP contribution is -2.24. The molecule has 5 nitrogen and oxygen atoms in total. The van der Waals surface area contributed by atoms with Gasteiger partial charge in [0.15, 0.2) is 0 Å². The minimum absolute atomic E-state index is 0.103. The zero-order valence-electron chi connectivity index (χ0n) is 11.6. The molecule has 0 saturated carbocycles. The van der Waals surface area contributed by atoms with Gasteiger partial charge in [0.1, 0.15) is 0 Å². The number of carbonyl (C=O) groups excluding carboxylic acids is 2. The number of benzene rings is 1. The topological polar surface area (TPSA) is 81.4 Å². The number of hydrogen-bond acceptors (Lipinski definition) is 5. The van der Waals surface area contributed by atoms with Gasteiger partial charge in [-0.2, -0.15) is 0 Å². The van der Waals surface area contributed by atoms with E-state index in [0.717, 1.165) is 0 Å². The second kappa shape index (κ2) is 8.36. The zero-order chi connectivity index (χ0) is 16.0. The van der Waals surface area contributed by atoms with Gasteiger partial charge in [-0.1, -0.05) is 23.2 Å². The van der Waals surface area contributed by atoms with Crippen LogP contribution >= 0.6 is 35.0 Å². The van der Waals surface area contributed by atoms with Crippen LogP contribution in [-0.4, -0.2) is 29.5 Å². The number of ether oxygens (including phenoxy) is 1. The number of esters is 1. The van der Waals surface area contributed by atoms with Crippen LogP contribution < -0.4 is 11.1 Å². The molecule has 1 amide bonds. The standard InChI is InChI=1S/C13H16Cl2N2O3S/c1-3-20-11(18)6-21-7(2)13(19)17-12-9(15)4-8(14)5-10(12)16/h4-5,7H,3,6,16H2,1-2H3,(H,17,19). The third kappa shape index (κ3) is 5.65. The van der Waals surface area contributed by atoms with E-state index in [1.165, 1.54) is 23.9 Å². The lowest BCUT2D eigenvalue weighted by atomic mass is 10.2. The van der Waals surface area contributed by atoms with E-state index in [2.05, 4.69) is 5.32 Å². The van der Waals surface area contributed by atoms with Gasteiger partial charge in [-0.25, -0.2) is 0 Å². The normalized spacial score (nSPS) is 11.8. The highest BCUT2D eigenvalue weighted by atomic mass is 35.5. The van der Waals surface area contributed by atoms with Crippen molar-refractivity contribution < 1.29 is 14.3 Å². The monoisotopic (exact) mass is 350 g/mol. The second-order valence-corrected chi connectivity index (χ2v) is 6.27. The molecule has 0 saturated heterocycles. The smallest absolute Gasteiger partial charge is 0.315 e. The van der Waals surface area contributed by atoms with Crippen LogP contribution in [0.2, 0.25) is 10.0 Å². The highest BCUT2D eigenvalue weighted by Gasteiger charge is 2.18. The molecule has 0 aliphatic heterocycles. The predicted octanol–water partition coefficient (Wildman–Crippen LogP) is 3.20. The van der Waals surface area contributed by atoms with E-state index < -0.39 is 5.25 Å². The summed E-state index contributed by atoms with van der Waals surface area (Å²) in [7, 11) is 0. The molecule has 0 radical (unpaired) electrons. The molecule has 0 aliphatic rings. The SMILES string of the molecule is CCOC(=O)CSC(C)C(=O)Nc1c(N)cc(Cl)cc1Cl. The van der Waals surface area contributed by atoms with Crippen LogP contribution in [0, 0.1) is 0 Å². The van der Waals surface area contributed by atoms with Crippen LogP contribution in [0.15, 0.2) is 12.1 Å². The van der Waals surface area contributed by atoms with E-state index in [9.17, 15) is 9.59 Å². The summed E-state index contributed by atoms with van der Waals surface area (Å²) in [5.41, 5.74) is 6.36. The Morgan fingerprint density at radius 1 is 1.43 bits per heavy atom. The number of anilines is 2. The molecule has 116 valence electrons. The average Bonchev–Trinajstić information content (AvgIpc) is 2.40. The van der Waals surface area contributed by atoms with E-state index in [4.69, 9.17) is 33.7 Å². The number of halogens is 2. The van der Waals surface area contributed by atoms with Crippen LogP contribution in [0.25, 0.3) is 0 Å². The first-order valence-electron chi connectivity index (χ1n) is 6.17. The number of carbonyl (C=O) groups is 2. The van der Waals surface area contributed by atoms with E-state index in [1.807, 2.05) is 0 Å². The summed E-state index contributed by atoms with van der Waals surface area (Å²) in [4.78, 5) is 23.3. The molecule has 1 atom stereocenters. The molecule has 0 aliphatic carbocycles. The summed E-state index contributed by atoms with van der Waals surface area (Å²) >= 11 is 13.0. The quantitative estimate of drug-likeness (QED) is 0.608. The van der Waals surface area contributed by atoms with Crippen LogP contribution in [0.5, 0.6) is 0 Å². The summed E-state index contributed by atoms with van der Waals surface area (Å²) in [6.07, 6.45) is 0. The molecule has 1 aromatic carbocycles. The summed E-state index contributed by atoms with van der Waals surface area (Å²) in [6.45, 7) is 3.72. The fourth-order valence-corrected chi connectivity index (χ4v) is 2.66. The van der Waals surface area contributed by atoms with Gasteiger partial charge in [0, 0.05) is 5.02 Å². The average molecular weight is 351 g/mol. The fourth-order valence-electron chi connectivity index (χ4n) is 1.42. The van der Waals surface area contributed by atoms with Gasteiger partial charge >= 0.3 is 5.97 Å². The van der Waals surface area contributed by atoms with Crippen molar-refractivity contribution in [1.29, 1.82) is 0 Å². The molecule has 1 aromatic rings. The molecule has 1 unspecified atom stereocenters. The van der Waals surface area contributed by atoms with Crippen molar-refractivity contribution in [3.05, 3.63) is 22.2 Å². The molecular formula is C13H16Cl2N2O3S. The van der Waals surface area contributed by atoms with E-state index in [1.54, 1.807) is 13.8 Å². The molecule has 21 heavy (non-hydrogen) atoms. The summed E-state index contributed by atoms with van der Waals surface area (Å²) in [5, 5.41) is 2.83. The Hall–Kier alpha value is -1.11. The Bertz CT molecular complexity index is 517. The maximum absolute atomic E-state index is 12.0. The number of rotatable bonds is 6. The minimum Gasteiger partial charge on any atom is -0.465 e. The number of thioether (sulfide) groups is 1. The molecule has 0 heterocycles. The van der Waals surface area contributed by atoms with Gasteiger partial charge in [0.05, 0.1) is 34.0 Å². The molecular weight excluding hydrogens is 335 g/mol. The number of nitrogens with one attached hydrogen (secondary N) is 1. The third-order valence-corrected chi connectivity index (χ3v) is 4.09. The maximum atomic E-state index is 12.0. The van der Waals surface area contributed by atoms with Gasteiger partial charge in [-0.15, -0.1) is 11.8 Å². The Labute approximate surface area is 137 Å². The summed E-state index contributed by atoms with van der Waals surface area (Å²) in [6, 6.07) is 2.99. The first-order valence-corrected chi connectivity index (χ1v) is 7.98. The van der Waals surface area contributed by atoms with E-state index in [-0.39, 0.29) is 28.3 Å². The Kier molecular flexibility index (Phi) is 7.14. The van der Waals surface area contributed by atoms with Crippen molar-refractivity contribution in [2.75, 3.05) is 23.4 Å². The Morgan fingerprint density at radius 3 is 2.67 bits per heavy atom. The van der Waals surface area contributed by atoms with Gasteiger partial charge in [-0.3, -0.25) is 9.59 Å². The molecule has 0 spiro atoms. The molecule has 0 bridgehead atoms. The van der Waals surface area contributed by atoms with Crippen LogP contribution in [0.3, 0.4) is 0 Å². The van der Waals surface area contributed by atoms with Crippen LogP contribution in [0.4, 0.5) is 11.4 Å². The fraction of sp³-hybridized carbons (Fsp3) is 0.385. The number of nitrogens with two attached hydrogens (primary N) is 1. The van der Waals surface area contributed by atoms with E-state index in [0.29, 0.717) is 17.3 Å². The zero-order valence-corrected chi connectivity index (χ0v) is 13.9.